The van der Waals surface area contributed by atoms with E-state index in [1.54, 1.807) is 26.4 Å². The van der Waals surface area contributed by atoms with E-state index in [1.165, 1.54) is 0 Å². The fraction of sp³-hybridized carbons (Fsp3) is 0.118. The minimum atomic E-state index is -0.145. The first kappa shape index (κ1) is 13.2. The second-order valence-corrected chi connectivity index (χ2v) is 4.67. The van der Waals surface area contributed by atoms with E-state index < -0.39 is 0 Å². The Bertz CT molecular complexity index is 838. The van der Waals surface area contributed by atoms with Gasteiger partial charge in [0.25, 0.3) is 0 Å². The molecule has 3 aromatic rings. The molecule has 0 unspecified atom stereocenters. The average molecular weight is 281 g/mol. The van der Waals surface area contributed by atoms with Crippen LogP contribution in [-0.4, -0.2) is 19.2 Å². The number of aromatic amines is 1. The maximum absolute atomic E-state index is 11.9. The van der Waals surface area contributed by atoms with E-state index in [2.05, 4.69) is 4.98 Å². The van der Waals surface area contributed by atoms with Crippen LogP contribution < -0.4 is 15.0 Å². The molecule has 0 spiro atoms. The highest BCUT2D eigenvalue weighted by Gasteiger charge is 2.11. The molecule has 0 amide bonds. The first-order valence-corrected chi connectivity index (χ1v) is 6.57. The lowest BCUT2D eigenvalue weighted by Gasteiger charge is -2.12. The van der Waals surface area contributed by atoms with E-state index in [1.807, 2.05) is 36.4 Å². The van der Waals surface area contributed by atoms with Crippen LogP contribution >= 0.6 is 0 Å². The smallest absolute Gasteiger partial charge is 0.249 e. The van der Waals surface area contributed by atoms with Gasteiger partial charge in [0.05, 0.1) is 19.7 Å². The molecule has 0 aliphatic heterocycles. The minimum Gasteiger partial charge on any atom is -0.493 e. The van der Waals surface area contributed by atoms with Crippen molar-refractivity contribution in [3.8, 4) is 22.6 Å². The van der Waals surface area contributed by atoms with E-state index in [9.17, 15) is 4.79 Å². The van der Waals surface area contributed by atoms with Crippen LogP contribution in [0.5, 0.6) is 11.5 Å². The predicted octanol–water partition coefficient (Wildman–Crippen LogP) is 3.21. The largest absolute Gasteiger partial charge is 0.493 e. The number of nitrogens with one attached hydrogen (secondary N) is 1. The maximum Gasteiger partial charge on any atom is 0.249 e. The first-order valence-electron chi connectivity index (χ1n) is 6.57. The van der Waals surface area contributed by atoms with Crippen LogP contribution in [0.15, 0.2) is 53.3 Å². The molecule has 0 atom stereocenters. The van der Waals surface area contributed by atoms with Crippen molar-refractivity contribution in [2.45, 2.75) is 0 Å². The number of ether oxygens (including phenoxy) is 2. The van der Waals surface area contributed by atoms with Gasteiger partial charge < -0.3 is 14.5 Å². The third kappa shape index (κ3) is 2.36. The number of hydrogen-bond acceptors (Lipinski definition) is 3. The van der Waals surface area contributed by atoms with Crippen LogP contribution in [0.25, 0.3) is 22.0 Å². The van der Waals surface area contributed by atoms with Gasteiger partial charge in [0, 0.05) is 17.5 Å². The predicted molar refractivity (Wildman–Crippen MR) is 83.1 cm³/mol. The summed E-state index contributed by atoms with van der Waals surface area (Å²) in [4.78, 5) is 14.7. The summed E-state index contributed by atoms with van der Waals surface area (Å²) in [6.07, 6.45) is 0. The highest BCUT2D eigenvalue weighted by Crippen LogP contribution is 2.35. The SMILES string of the molecule is COc1cc2[nH]c(=O)cc(-c3ccccc3)c2cc1OC. The Morgan fingerprint density at radius 1 is 0.905 bits per heavy atom. The average Bonchev–Trinajstić information content (AvgIpc) is 2.53. The third-order valence-electron chi connectivity index (χ3n) is 3.43. The monoisotopic (exact) mass is 281 g/mol. The number of benzene rings is 2. The van der Waals surface area contributed by atoms with E-state index in [-0.39, 0.29) is 5.56 Å². The van der Waals surface area contributed by atoms with Crippen LogP contribution in [0.4, 0.5) is 0 Å². The van der Waals surface area contributed by atoms with Crippen molar-refractivity contribution in [3.05, 3.63) is 58.9 Å². The lowest BCUT2D eigenvalue weighted by molar-refractivity contribution is 0.356. The molecule has 0 saturated heterocycles. The molecule has 106 valence electrons. The van der Waals surface area contributed by atoms with Gasteiger partial charge in [-0.15, -0.1) is 0 Å². The van der Waals surface area contributed by atoms with Gasteiger partial charge in [0.2, 0.25) is 5.56 Å². The summed E-state index contributed by atoms with van der Waals surface area (Å²) in [5, 5.41) is 0.915. The lowest BCUT2D eigenvalue weighted by Crippen LogP contribution is -2.05. The van der Waals surface area contributed by atoms with Crippen LogP contribution in [0.2, 0.25) is 0 Å². The number of methoxy groups -OCH3 is 2. The Morgan fingerprint density at radius 2 is 1.57 bits per heavy atom. The summed E-state index contributed by atoms with van der Waals surface area (Å²) >= 11 is 0. The van der Waals surface area contributed by atoms with Gasteiger partial charge in [-0.3, -0.25) is 4.79 Å². The van der Waals surface area contributed by atoms with Crippen molar-refractivity contribution in [2.24, 2.45) is 0 Å². The molecule has 1 N–H and O–H groups in total. The summed E-state index contributed by atoms with van der Waals surface area (Å²) in [6.45, 7) is 0. The van der Waals surface area contributed by atoms with Gasteiger partial charge in [-0.2, -0.15) is 0 Å². The van der Waals surface area contributed by atoms with Gasteiger partial charge in [0.15, 0.2) is 11.5 Å². The Hall–Kier alpha value is -2.75. The van der Waals surface area contributed by atoms with Crippen LogP contribution in [0.1, 0.15) is 0 Å². The summed E-state index contributed by atoms with van der Waals surface area (Å²) in [6, 6.07) is 15.1. The quantitative estimate of drug-likeness (QED) is 0.802. The molecule has 0 radical (unpaired) electrons. The molecule has 0 aliphatic rings. The first-order chi connectivity index (χ1) is 10.2. The number of H-pyrrole nitrogens is 1. The van der Waals surface area contributed by atoms with Crippen LogP contribution in [-0.2, 0) is 0 Å². The highest BCUT2D eigenvalue weighted by atomic mass is 16.5. The van der Waals surface area contributed by atoms with Crippen molar-refractivity contribution in [2.75, 3.05) is 14.2 Å². The normalized spacial score (nSPS) is 10.6. The van der Waals surface area contributed by atoms with Crippen molar-refractivity contribution < 1.29 is 9.47 Å². The van der Waals surface area contributed by atoms with Crippen molar-refractivity contribution >= 4 is 10.9 Å². The number of pyridine rings is 1. The minimum absolute atomic E-state index is 0.145. The topological polar surface area (TPSA) is 51.3 Å². The molecule has 1 aromatic heterocycles. The Balaban J connectivity index is 2.37. The summed E-state index contributed by atoms with van der Waals surface area (Å²) < 4.78 is 10.6. The summed E-state index contributed by atoms with van der Waals surface area (Å²) in [5.41, 5.74) is 2.43. The van der Waals surface area contributed by atoms with E-state index >= 15 is 0 Å². The van der Waals surface area contributed by atoms with E-state index in [0.29, 0.717) is 11.5 Å². The molecule has 4 nitrogen and oxygen atoms in total. The number of hydrogen-bond donors (Lipinski definition) is 1. The zero-order valence-corrected chi connectivity index (χ0v) is 11.8. The molecule has 0 bridgehead atoms. The molecule has 0 saturated carbocycles. The van der Waals surface area contributed by atoms with Gasteiger partial charge in [0.1, 0.15) is 0 Å². The Morgan fingerprint density at radius 3 is 2.24 bits per heavy atom. The summed E-state index contributed by atoms with van der Waals surface area (Å²) in [5.74, 6) is 1.22. The Labute approximate surface area is 122 Å². The van der Waals surface area contributed by atoms with Gasteiger partial charge in [-0.1, -0.05) is 30.3 Å². The van der Waals surface area contributed by atoms with Gasteiger partial charge in [-0.05, 0) is 17.2 Å². The number of rotatable bonds is 3. The molecule has 2 aromatic carbocycles. The van der Waals surface area contributed by atoms with Gasteiger partial charge in [-0.25, -0.2) is 0 Å². The standard InChI is InChI=1S/C17H15NO3/c1-20-15-8-13-12(11-6-4-3-5-7-11)9-17(19)18-14(13)10-16(15)21-2/h3-10H,1-2H3,(H,18,19). The molecule has 1 heterocycles. The second kappa shape index (κ2) is 5.32. The number of fused-ring (bicyclic) bond motifs is 1. The van der Waals surface area contributed by atoms with E-state index in [4.69, 9.17) is 9.47 Å². The molecule has 0 aliphatic carbocycles. The van der Waals surface area contributed by atoms with Crippen LogP contribution in [0, 0.1) is 0 Å². The fourth-order valence-corrected chi connectivity index (χ4v) is 2.44. The second-order valence-electron chi connectivity index (χ2n) is 4.67. The zero-order chi connectivity index (χ0) is 14.8. The number of aromatic nitrogens is 1. The molecular weight excluding hydrogens is 266 g/mol. The molecule has 0 fully saturated rings. The van der Waals surface area contributed by atoms with Crippen molar-refractivity contribution in [1.82, 2.24) is 4.98 Å². The molecular formula is C17H15NO3. The molecule has 4 heteroatoms. The Kier molecular flexibility index (Phi) is 3.36. The lowest BCUT2D eigenvalue weighted by atomic mass is 10.0. The van der Waals surface area contributed by atoms with Crippen molar-refractivity contribution in [3.63, 3.8) is 0 Å². The van der Waals surface area contributed by atoms with Gasteiger partial charge >= 0.3 is 0 Å². The third-order valence-corrected chi connectivity index (χ3v) is 3.43. The maximum atomic E-state index is 11.9. The molecule has 21 heavy (non-hydrogen) atoms. The molecule has 3 rings (SSSR count). The highest BCUT2D eigenvalue weighted by molar-refractivity contribution is 5.96. The van der Waals surface area contributed by atoms with Crippen molar-refractivity contribution in [1.29, 1.82) is 0 Å². The van der Waals surface area contributed by atoms with Crippen LogP contribution in [0.3, 0.4) is 0 Å². The zero-order valence-electron chi connectivity index (χ0n) is 11.8. The summed E-state index contributed by atoms with van der Waals surface area (Å²) in [7, 11) is 3.17. The fourth-order valence-electron chi connectivity index (χ4n) is 2.44. The van der Waals surface area contributed by atoms with E-state index in [0.717, 1.165) is 22.0 Å².